The fraction of sp³-hybridized carbons (Fsp3) is 0.350. The molecule has 1 amide bonds. The number of carbonyl (C=O) groups is 1. The summed E-state index contributed by atoms with van der Waals surface area (Å²) in [6, 6.07) is 15.9. The van der Waals surface area contributed by atoms with Gasteiger partial charge in [-0.3, -0.25) is 9.69 Å². The van der Waals surface area contributed by atoms with Gasteiger partial charge in [-0.05, 0) is 37.1 Å². The summed E-state index contributed by atoms with van der Waals surface area (Å²) < 4.78 is 13.7. The molecule has 0 bridgehead atoms. The monoisotopic (exact) mass is 341 g/mol. The van der Waals surface area contributed by atoms with Crippen LogP contribution < -0.4 is 10.6 Å². The van der Waals surface area contributed by atoms with Gasteiger partial charge in [-0.1, -0.05) is 30.3 Å². The number of nitrogens with one attached hydrogen (secondary N) is 2. The van der Waals surface area contributed by atoms with Gasteiger partial charge in [0.2, 0.25) is 5.91 Å². The molecule has 2 atom stereocenters. The molecule has 4 nitrogen and oxygen atoms in total. The Labute approximate surface area is 148 Å². The van der Waals surface area contributed by atoms with E-state index < -0.39 is 5.82 Å². The third-order valence-electron chi connectivity index (χ3n) is 4.70. The van der Waals surface area contributed by atoms with E-state index in [2.05, 4.69) is 46.7 Å². The van der Waals surface area contributed by atoms with Crippen LogP contribution in [0, 0.1) is 5.82 Å². The average molecular weight is 341 g/mol. The van der Waals surface area contributed by atoms with Gasteiger partial charge < -0.3 is 10.6 Å². The maximum Gasteiger partial charge on any atom is 0.221 e. The first-order valence-corrected chi connectivity index (χ1v) is 8.65. The molecule has 0 spiro atoms. The van der Waals surface area contributed by atoms with Crippen molar-refractivity contribution >= 4 is 17.3 Å². The van der Waals surface area contributed by atoms with Gasteiger partial charge in [0.1, 0.15) is 5.82 Å². The fourth-order valence-corrected chi connectivity index (χ4v) is 3.34. The summed E-state index contributed by atoms with van der Waals surface area (Å²) in [6.07, 6.45) is 1.03. The Morgan fingerprint density at radius 1 is 1.24 bits per heavy atom. The maximum absolute atomic E-state index is 13.7. The quantitative estimate of drug-likeness (QED) is 0.863. The van der Waals surface area contributed by atoms with Gasteiger partial charge in [0, 0.05) is 37.8 Å². The van der Waals surface area contributed by atoms with Crippen molar-refractivity contribution in [2.75, 3.05) is 23.7 Å². The van der Waals surface area contributed by atoms with E-state index in [0.29, 0.717) is 12.1 Å². The van der Waals surface area contributed by atoms with E-state index in [-0.39, 0.29) is 11.6 Å². The zero-order chi connectivity index (χ0) is 17.8. The number of nitrogens with zero attached hydrogens (tertiary/aromatic N) is 1. The zero-order valence-corrected chi connectivity index (χ0v) is 14.6. The van der Waals surface area contributed by atoms with E-state index in [1.54, 1.807) is 12.1 Å². The molecule has 1 aliphatic heterocycles. The summed E-state index contributed by atoms with van der Waals surface area (Å²) in [7, 11) is 0. The summed E-state index contributed by atoms with van der Waals surface area (Å²) in [6.45, 7) is 5.56. The van der Waals surface area contributed by atoms with Gasteiger partial charge in [0.05, 0.1) is 5.69 Å². The van der Waals surface area contributed by atoms with Crippen LogP contribution in [0.5, 0.6) is 0 Å². The molecule has 1 saturated heterocycles. The normalized spacial score (nSPS) is 18.8. The molecule has 1 aliphatic rings. The Balaban J connectivity index is 1.62. The van der Waals surface area contributed by atoms with Crippen LogP contribution in [0.25, 0.3) is 0 Å². The fourth-order valence-electron chi connectivity index (χ4n) is 3.34. The van der Waals surface area contributed by atoms with Gasteiger partial charge in [-0.25, -0.2) is 4.39 Å². The lowest BCUT2D eigenvalue weighted by Gasteiger charge is -2.25. The van der Waals surface area contributed by atoms with Crippen LogP contribution in [0.1, 0.15) is 31.9 Å². The summed E-state index contributed by atoms with van der Waals surface area (Å²) in [4.78, 5) is 13.6. The first kappa shape index (κ1) is 17.4. The van der Waals surface area contributed by atoms with Gasteiger partial charge >= 0.3 is 0 Å². The molecule has 2 aromatic rings. The number of halogens is 1. The number of likely N-dealkylation sites (tertiary alicyclic amines) is 1. The minimum Gasteiger partial charge on any atom is -0.381 e. The van der Waals surface area contributed by atoms with Crippen molar-refractivity contribution in [2.24, 2.45) is 0 Å². The minimum atomic E-state index is -0.425. The second-order valence-electron chi connectivity index (χ2n) is 6.59. The van der Waals surface area contributed by atoms with Crippen LogP contribution >= 0.6 is 0 Å². The Hall–Kier alpha value is -2.40. The van der Waals surface area contributed by atoms with Crippen LogP contribution in [0.2, 0.25) is 0 Å². The van der Waals surface area contributed by atoms with Crippen molar-refractivity contribution < 1.29 is 9.18 Å². The lowest BCUT2D eigenvalue weighted by molar-refractivity contribution is -0.114. The van der Waals surface area contributed by atoms with Crippen molar-refractivity contribution in [2.45, 2.75) is 32.4 Å². The van der Waals surface area contributed by atoms with Gasteiger partial charge in [-0.2, -0.15) is 0 Å². The third kappa shape index (κ3) is 4.37. The molecule has 2 aromatic carbocycles. The van der Waals surface area contributed by atoms with Crippen molar-refractivity contribution in [3.05, 3.63) is 59.9 Å². The van der Waals surface area contributed by atoms with Crippen LogP contribution in [0.4, 0.5) is 15.8 Å². The predicted molar refractivity (Wildman–Crippen MR) is 99.2 cm³/mol. The first-order chi connectivity index (χ1) is 12.0. The zero-order valence-electron chi connectivity index (χ0n) is 14.6. The van der Waals surface area contributed by atoms with E-state index >= 15 is 0 Å². The van der Waals surface area contributed by atoms with Crippen LogP contribution in [0.15, 0.2) is 48.5 Å². The maximum atomic E-state index is 13.7. The number of benzene rings is 2. The molecular weight excluding hydrogens is 317 g/mol. The predicted octanol–water partition coefficient (Wildman–Crippen LogP) is 4.03. The summed E-state index contributed by atoms with van der Waals surface area (Å²) >= 11 is 0. The topological polar surface area (TPSA) is 44.4 Å². The van der Waals surface area contributed by atoms with Gasteiger partial charge in [0.15, 0.2) is 0 Å². The molecule has 2 N–H and O–H groups in total. The van der Waals surface area contributed by atoms with E-state index in [4.69, 9.17) is 0 Å². The second kappa shape index (κ2) is 7.66. The molecule has 0 saturated carbocycles. The summed E-state index contributed by atoms with van der Waals surface area (Å²) in [5.41, 5.74) is 2.35. The SMILES string of the molecule is CC(=O)Nc1cc(N[C@H]2CCN([C@H](C)c3ccccc3)C2)ccc1F. The Morgan fingerprint density at radius 2 is 2.00 bits per heavy atom. The second-order valence-corrected chi connectivity index (χ2v) is 6.59. The lowest BCUT2D eigenvalue weighted by Crippen LogP contribution is -2.28. The average Bonchev–Trinajstić information content (AvgIpc) is 3.06. The van der Waals surface area contributed by atoms with Crippen molar-refractivity contribution in [3.63, 3.8) is 0 Å². The largest absolute Gasteiger partial charge is 0.381 e. The van der Waals surface area contributed by atoms with E-state index in [0.717, 1.165) is 25.2 Å². The molecule has 25 heavy (non-hydrogen) atoms. The molecule has 5 heteroatoms. The lowest BCUT2D eigenvalue weighted by atomic mass is 10.1. The number of carbonyl (C=O) groups excluding carboxylic acids is 1. The third-order valence-corrected chi connectivity index (χ3v) is 4.70. The minimum absolute atomic E-state index is 0.213. The summed E-state index contributed by atoms with van der Waals surface area (Å²) in [5.74, 6) is -0.703. The molecule has 0 unspecified atom stereocenters. The number of hydrogen-bond donors (Lipinski definition) is 2. The standard InChI is InChI=1S/C20H24FN3O/c1-14(16-6-4-3-5-7-16)24-11-10-18(13-24)23-17-8-9-19(21)20(12-17)22-15(2)25/h3-9,12,14,18,23H,10-11,13H2,1-2H3,(H,22,25)/t14-,18+/m1/s1. The summed E-state index contributed by atoms with van der Waals surface area (Å²) in [5, 5.41) is 5.98. The Morgan fingerprint density at radius 3 is 2.72 bits per heavy atom. The molecular formula is C20H24FN3O. The molecule has 0 radical (unpaired) electrons. The highest BCUT2D eigenvalue weighted by atomic mass is 19.1. The van der Waals surface area contributed by atoms with E-state index in [1.807, 2.05) is 6.07 Å². The van der Waals surface area contributed by atoms with Crippen molar-refractivity contribution in [1.29, 1.82) is 0 Å². The molecule has 3 rings (SSSR count). The van der Waals surface area contributed by atoms with Crippen LogP contribution in [-0.2, 0) is 4.79 Å². The van der Waals surface area contributed by atoms with E-state index in [1.165, 1.54) is 18.6 Å². The molecule has 0 aromatic heterocycles. The number of amides is 1. The molecule has 132 valence electrons. The Kier molecular flexibility index (Phi) is 5.34. The van der Waals surface area contributed by atoms with Gasteiger partial charge in [0.25, 0.3) is 0 Å². The van der Waals surface area contributed by atoms with Crippen LogP contribution in [-0.4, -0.2) is 29.9 Å². The van der Waals surface area contributed by atoms with Crippen molar-refractivity contribution in [1.82, 2.24) is 4.90 Å². The molecule has 1 fully saturated rings. The smallest absolute Gasteiger partial charge is 0.221 e. The van der Waals surface area contributed by atoms with Crippen molar-refractivity contribution in [3.8, 4) is 0 Å². The Bertz CT molecular complexity index is 735. The van der Waals surface area contributed by atoms with Crippen LogP contribution in [0.3, 0.4) is 0 Å². The first-order valence-electron chi connectivity index (χ1n) is 8.65. The highest BCUT2D eigenvalue weighted by Crippen LogP contribution is 2.27. The van der Waals surface area contributed by atoms with Gasteiger partial charge in [-0.15, -0.1) is 0 Å². The highest BCUT2D eigenvalue weighted by Gasteiger charge is 2.26. The molecule has 0 aliphatic carbocycles. The number of rotatable bonds is 5. The number of anilines is 2. The molecule has 1 heterocycles. The van der Waals surface area contributed by atoms with E-state index in [9.17, 15) is 9.18 Å². The highest BCUT2D eigenvalue weighted by molar-refractivity contribution is 5.89. The number of hydrogen-bond acceptors (Lipinski definition) is 3.